The molecular weight excluding hydrogens is 284 g/mol. The zero-order valence-corrected chi connectivity index (χ0v) is 13.1. The number of hydrogen-bond acceptors (Lipinski definition) is 3. The van der Waals surface area contributed by atoms with Crippen LogP contribution < -0.4 is 5.32 Å². The number of anilines is 1. The van der Waals surface area contributed by atoms with Gasteiger partial charge in [0, 0.05) is 16.8 Å². The molecule has 0 saturated carbocycles. The van der Waals surface area contributed by atoms with E-state index in [9.17, 15) is 0 Å². The Labute approximate surface area is 135 Å². The van der Waals surface area contributed by atoms with Gasteiger partial charge in [-0.15, -0.1) is 0 Å². The van der Waals surface area contributed by atoms with Crippen LogP contribution in [0, 0.1) is 18.3 Å². The minimum atomic E-state index is 0.302. The lowest BCUT2D eigenvalue weighted by Crippen LogP contribution is -2.17. The number of nitrogens with one attached hydrogen (secondary N) is 2. The number of aryl methyl sites for hydroxylation is 2. The molecule has 0 spiro atoms. The van der Waals surface area contributed by atoms with Crippen molar-refractivity contribution in [3.05, 3.63) is 58.8 Å². The SMILES string of the molecule is Cc1[nH]nc2ccc(N[C@@H]3CCCc4cc(C#N)ccc43)cc12. The average Bonchev–Trinajstić information content (AvgIpc) is 2.95. The van der Waals surface area contributed by atoms with E-state index in [-0.39, 0.29) is 0 Å². The van der Waals surface area contributed by atoms with Crippen molar-refractivity contribution in [3.8, 4) is 6.07 Å². The zero-order chi connectivity index (χ0) is 15.8. The molecule has 0 amide bonds. The van der Waals surface area contributed by atoms with E-state index in [1.165, 1.54) is 11.1 Å². The van der Waals surface area contributed by atoms with Crippen molar-refractivity contribution in [3.63, 3.8) is 0 Å². The van der Waals surface area contributed by atoms with Gasteiger partial charge in [0.05, 0.1) is 23.2 Å². The molecule has 2 N–H and O–H groups in total. The van der Waals surface area contributed by atoms with Crippen LogP contribution in [0.1, 0.15) is 41.3 Å². The van der Waals surface area contributed by atoms with Crippen molar-refractivity contribution in [2.45, 2.75) is 32.2 Å². The molecule has 4 nitrogen and oxygen atoms in total. The molecule has 114 valence electrons. The maximum absolute atomic E-state index is 9.07. The number of hydrogen-bond donors (Lipinski definition) is 2. The summed E-state index contributed by atoms with van der Waals surface area (Å²) in [6, 6.07) is 14.9. The van der Waals surface area contributed by atoms with E-state index in [2.05, 4.69) is 39.8 Å². The maximum Gasteiger partial charge on any atom is 0.0991 e. The molecule has 0 unspecified atom stereocenters. The highest BCUT2D eigenvalue weighted by atomic mass is 15.1. The standard InChI is InChI=1S/C19H18N4/c1-12-17-10-15(6-8-19(17)23-22-12)21-18-4-2-3-14-9-13(11-20)5-7-16(14)18/h5-10,18,21H,2-4H2,1H3,(H,22,23)/t18-/m1/s1. The first-order chi connectivity index (χ1) is 11.2. The Balaban J connectivity index is 1.66. The van der Waals surface area contributed by atoms with Gasteiger partial charge >= 0.3 is 0 Å². The van der Waals surface area contributed by atoms with E-state index in [1.807, 2.05) is 25.1 Å². The summed E-state index contributed by atoms with van der Waals surface area (Å²) in [5.41, 5.74) is 6.57. The number of aromatic nitrogens is 2. The molecule has 0 saturated heterocycles. The van der Waals surface area contributed by atoms with Crippen LogP contribution in [0.4, 0.5) is 5.69 Å². The van der Waals surface area contributed by atoms with Gasteiger partial charge in [-0.05, 0) is 67.6 Å². The maximum atomic E-state index is 9.07. The highest BCUT2D eigenvalue weighted by molar-refractivity contribution is 5.84. The number of benzene rings is 2. The number of nitriles is 1. The largest absolute Gasteiger partial charge is 0.378 e. The van der Waals surface area contributed by atoms with Gasteiger partial charge in [0.1, 0.15) is 0 Å². The molecule has 2 aromatic carbocycles. The third kappa shape index (κ3) is 2.44. The molecule has 0 fully saturated rings. The molecule has 0 aliphatic heterocycles. The molecule has 23 heavy (non-hydrogen) atoms. The number of aromatic amines is 1. The lowest BCUT2D eigenvalue weighted by Gasteiger charge is -2.27. The fourth-order valence-electron chi connectivity index (χ4n) is 3.46. The Kier molecular flexibility index (Phi) is 3.27. The second kappa shape index (κ2) is 5.44. The van der Waals surface area contributed by atoms with Crippen molar-refractivity contribution in [2.75, 3.05) is 5.32 Å². The van der Waals surface area contributed by atoms with Gasteiger partial charge in [0.15, 0.2) is 0 Å². The smallest absolute Gasteiger partial charge is 0.0991 e. The van der Waals surface area contributed by atoms with Gasteiger partial charge in [0.25, 0.3) is 0 Å². The highest BCUT2D eigenvalue weighted by Crippen LogP contribution is 2.33. The van der Waals surface area contributed by atoms with E-state index >= 15 is 0 Å². The summed E-state index contributed by atoms with van der Waals surface area (Å²) >= 11 is 0. The van der Waals surface area contributed by atoms with Gasteiger partial charge in [-0.25, -0.2) is 0 Å². The molecule has 3 aromatic rings. The lowest BCUT2D eigenvalue weighted by molar-refractivity contribution is 0.600. The third-order valence-corrected chi connectivity index (χ3v) is 4.67. The normalized spacial score (nSPS) is 16.8. The van der Waals surface area contributed by atoms with E-state index in [4.69, 9.17) is 5.26 Å². The van der Waals surface area contributed by atoms with Crippen molar-refractivity contribution in [1.82, 2.24) is 10.2 Å². The lowest BCUT2D eigenvalue weighted by atomic mass is 9.86. The molecular formula is C19H18N4. The number of H-pyrrole nitrogens is 1. The molecule has 4 heteroatoms. The Hall–Kier alpha value is -2.80. The van der Waals surface area contributed by atoms with Crippen LogP contribution in [0.25, 0.3) is 10.9 Å². The molecule has 1 aromatic heterocycles. The fraction of sp³-hybridized carbons (Fsp3) is 0.263. The summed E-state index contributed by atoms with van der Waals surface area (Å²) in [5, 5.41) is 21.2. The number of fused-ring (bicyclic) bond motifs is 2. The first-order valence-electron chi connectivity index (χ1n) is 7.99. The second-order valence-corrected chi connectivity index (χ2v) is 6.20. The molecule has 1 heterocycles. The minimum absolute atomic E-state index is 0.302. The quantitative estimate of drug-likeness (QED) is 0.744. The highest BCUT2D eigenvalue weighted by Gasteiger charge is 2.20. The van der Waals surface area contributed by atoms with Crippen molar-refractivity contribution < 1.29 is 0 Å². The van der Waals surface area contributed by atoms with Gasteiger partial charge in [-0.2, -0.15) is 10.4 Å². The first kappa shape index (κ1) is 13.8. The molecule has 0 bridgehead atoms. The van der Waals surface area contributed by atoms with Crippen LogP contribution in [0.3, 0.4) is 0 Å². The van der Waals surface area contributed by atoms with E-state index in [0.29, 0.717) is 6.04 Å². The van der Waals surface area contributed by atoms with Crippen molar-refractivity contribution in [2.24, 2.45) is 0 Å². The monoisotopic (exact) mass is 302 g/mol. The predicted octanol–water partition coefficient (Wildman–Crippen LogP) is 4.23. The minimum Gasteiger partial charge on any atom is -0.378 e. The van der Waals surface area contributed by atoms with Crippen LogP contribution in [0.15, 0.2) is 36.4 Å². The third-order valence-electron chi connectivity index (χ3n) is 4.67. The van der Waals surface area contributed by atoms with Gasteiger partial charge in [-0.1, -0.05) is 6.07 Å². The van der Waals surface area contributed by atoms with Crippen LogP contribution in [-0.2, 0) is 6.42 Å². The fourth-order valence-corrected chi connectivity index (χ4v) is 3.46. The average molecular weight is 302 g/mol. The van der Waals surface area contributed by atoms with E-state index in [1.54, 1.807) is 0 Å². The number of nitrogens with zero attached hydrogens (tertiary/aromatic N) is 2. The van der Waals surface area contributed by atoms with Crippen LogP contribution in [0.5, 0.6) is 0 Å². The summed E-state index contributed by atoms with van der Waals surface area (Å²) in [4.78, 5) is 0. The Bertz CT molecular complexity index is 917. The van der Waals surface area contributed by atoms with Crippen molar-refractivity contribution >= 4 is 16.6 Å². The van der Waals surface area contributed by atoms with E-state index in [0.717, 1.165) is 47.1 Å². The van der Waals surface area contributed by atoms with Crippen molar-refractivity contribution in [1.29, 1.82) is 5.26 Å². The van der Waals surface area contributed by atoms with Gasteiger partial charge in [0.2, 0.25) is 0 Å². The topological polar surface area (TPSA) is 64.5 Å². The number of rotatable bonds is 2. The van der Waals surface area contributed by atoms with Crippen LogP contribution >= 0.6 is 0 Å². The Morgan fingerprint density at radius 1 is 1.26 bits per heavy atom. The van der Waals surface area contributed by atoms with Gasteiger partial charge < -0.3 is 5.32 Å². The molecule has 1 aliphatic carbocycles. The Morgan fingerprint density at radius 3 is 3.04 bits per heavy atom. The molecule has 1 aliphatic rings. The predicted molar refractivity (Wildman–Crippen MR) is 91.3 cm³/mol. The molecule has 0 radical (unpaired) electrons. The second-order valence-electron chi connectivity index (χ2n) is 6.20. The van der Waals surface area contributed by atoms with Crippen LogP contribution in [0.2, 0.25) is 0 Å². The first-order valence-corrected chi connectivity index (χ1v) is 7.99. The summed E-state index contributed by atoms with van der Waals surface area (Å²) in [5.74, 6) is 0. The molecule has 4 rings (SSSR count). The summed E-state index contributed by atoms with van der Waals surface area (Å²) in [6.45, 7) is 2.04. The van der Waals surface area contributed by atoms with Crippen LogP contribution in [-0.4, -0.2) is 10.2 Å². The zero-order valence-electron chi connectivity index (χ0n) is 13.1. The van der Waals surface area contributed by atoms with Gasteiger partial charge in [-0.3, -0.25) is 5.10 Å². The summed E-state index contributed by atoms with van der Waals surface area (Å²) < 4.78 is 0. The molecule has 1 atom stereocenters. The Morgan fingerprint density at radius 2 is 2.17 bits per heavy atom. The summed E-state index contributed by atoms with van der Waals surface area (Å²) in [6.07, 6.45) is 3.32. The summed E-state index contributed by atoms with van der Waals surface area (Å²) in [7, 11) is 0. The van der Waals surface area contributed by atoms with E-state index < -0.39 is 0 Å².